The lowest BCUT2D eigenvalue weighted by Crippen LogP contribution is -2.48. The fraction of sp³-hybridized carbons (Fsp3) is 0.353. The van der Waals surface area contributed by atoms with Crippen molar-refractivity contribution in [2.45, 2.75) is 37.1 Å². The lowest BCUT2D eigenvalue weighted by atomic mass is 9.81. The van der Waals surface area contributed by atoms with Gasteiger partial charge >= 0.3 is 5.97 Å². The van der Waals surface area contributed by atoms with Gasteiger partial charge in [-0.15, -0.1) is 11.3 Å². The molecule has 3 rings (SSSR count). The van der Waals surface area contributed by atoms with Crippen molar-refractivity contribution >= 4 is 27.4 Å². The van der Waals surface area contributed by atoms with Gasteiger partial charge in [0.2, 0.25) is 0 Å². The number of aliphatic hydroxyl groups is 3. The molecule has 0 amide bonds. The lowest BCUT2D eigenvalue weighted by molar-refractivity contribution is -0.158. The van der Waals surface area contributed by atoms with E-state index in [1.54, 1.807) is 11.3 Å². The van der Waals surface area contributed by atoms with Crippen LogP contribution in [0.2, 0.25) is 0 Å². The van der Waals surface area contributed by atoms with Crippen LogP contribution in [0.25, 0.3) is 10.1 Å². The van der Waals surface area contributed by atoms with E-state index in [1.807, 2.05) is 24.3 Å². The first-order chi connectivity index (χ1) is 10.9. The van der Waals surface area contributed by atoms with E-state index in [0.717, 1.165) is 10.3 Å². The SMILES string of the molecule is O=C(O)[C@]1(O)C=C(CCc2cc3ccccc3s2)[C@@H](O)[C@H](O)C1. The minimum absolute atomic E-state index is 0.367. The van der Waals surface area contributed by atoms with E-state index in [2.05, 4.69) is 6.07 Å². The summed E-state index contributed by atoms with van der Waals surface area (Å²) in [5.41, 5.74) is -1.75. The van der Waals surface area contributed by atoms with E-state index in [9.17, 15) is 20.1 Å². The van der Waals surface area contributed by atoms with Gasteiger partial charge in [0.15, 0.2) is 5.60 Å². The highest BCUT2D eigenvalue weighted by molar-refractivity contribution is 7.19. The van der Waals surface area contributed by atoms with Gasteiger partial charge in [-0.3, -0.25) is 0 Å². The standard InChI is InChI=1S/C17H18O5S/c18-13-9-17(22,16(20)21)8-11(15(13)19)5-6-12-7-10-3-1-2-4-14(10)23-12/h1-4,7-8,13,15,18-19,22H,5-6,9H2,(H,20,21)/t13-,15-,17+/m1/s1. The van der Waals surface area contributed by atoms with Crippen LogP contribution in [0.1, 0.15) is 17.7 Å². The maximum Gasteiger partial charge on any atom is 0.339 e. The number of aliphatic carboxylic acids is 1. The molecule has 2 aromatic rings. The van der Waals surface area contributed by atoms with Gasteiger partial charge < -0.3 is 20.4 Å². The zero-order chi connectivity index (χ0) is 16.6. The van der Waals surface area contributed by atoms with Crippen LogP contribution in [-0.2, 0) is 11.2 Å². The molecule has 0 fully saturated rings. The fourth-order valence-electron chi connectivity index (χ4n) is 2.93. The zero-order valence-electron chi connectivity index (χ0n) is 12.3. The Kier molecular flexibility index (Phi) is 4.25. The quantitative estimate of drug-likeness (QED) is 0.638. The maximum absolute atomic E-state index is 11.2. The Morgan fingerprint density at radius 1 is 1.26 bits per heavy atom. The van der Waals surface area contributed by atoms with Crippen LogP contribution in [0.5, 0.6) is 0 Å². The first-order valence-electron chi connectivity index (χ1n) is 7.40. The molecular formula is C17H18O5S. The fourth-order valence-corrected chi connectivity index (χ4v) is 3.99. The number of carboxylic acid groups (broad SMARTS) is 1. The van der Waals surface area contributed by atoms with Crippen LogP contribution in [0, 0.1) is 0 Å². The molecule has 1 aliphatic carbocycles. The minimum atomic E-state index is -2.12. The molecule has 4 N–H and O–H groups in total. The van der Waals surface area contributed by atoms with Crippen molar-refractivity contribution in [1.29, 1.82) is 0 Å². The van der Waals surface area contributed by atoms with Crippen LogP contribution in [0.4, 0.5) is 0 Å². The Morgan fingerprint density at radius 3 is 2.70 bits per heavy atom. The number of hydrogen-bond acceptors (Lipinski definition) is 5. The van der Waals surface area contributed by atoms with Gasteiger partial charge in [0.1, 0.15) is 6.10 Å². The number of benzene rings is 1. The Labute approximate surface area is 137 Å². The van der Waals surface area contributed by atoms with Gasteiger partial charge in [-0.05, 0) is 42.0 Å². The highest BCUT2D eigenvalue weighted by Crippen LogP contribution is 2.32. The van der Waals surface area contributed by atoms with Crippen LogP contribution >= 0.6 is 11.3 Å². The second kappa shape index (κ2) is 6.05. The van der Waals surface area contributed by atoms with Gasteiger partial charge in [-0.2, -0.15) is 0 Å². The molecule has 0 spiro atoms. The van der Waals surface area contributed by atoms with Crippen LogP contribution in [0.15, 0.2) is 42.0 Å². The molecule has 1 heterocycles. The van der Waals surface area contributed by atoms with Crippen molar-refractivity contribution in [3.8, 4) is 0 Å². The molecular weight excluding hydrogens is 316 g/mol. The van der Waals surface area contributed by atoms with E-state index in [-0.39, 0.29) is 0 Å². The second-order valence-corrected chi connectivity index (χ2v) is 7.08. The van der Waals surface area contributed by atoms with Crippen molar-refractivity contribution in [1.82, 2.24) is 0 Å². The Morgan fingerprint density at radius 2 is 2.00 bits per heavy atom. The first-order valence-corrected chi connectivity index (χ1v) is 8.22. The molecule has 1 aromatic carbocycles. The van der Waals surface area contributed by atoms with E-state index in [1.165, 1.54) is 10.8 Å². The molecule has 122 valence electrons. The van der Waals surface area contributed by atoms with E-state index < -0.39 is 30.2 Å². The summed E-state index contributed by atoms with van der Waals surface area (Å²) in [4.78, 5) is 12.3. The molecule has 6 heteroatoms. The topological polar surface area (TPSA) is 98.0 Å². The van der Waals surface area contributed by atoms with Crippen molar-refractivity contribution in [2.24, 2.45) is 0 Å². The molecule has 0 saturated heterocycles. The number of carbonyl (C=O) groups is 1. The summed E-state index contributed by atoms with van der Waals surface area (Å²) in [7, 11) is 0. The summed E-state index contributed by atoms with van der Waals surface area (Å²) in [6.07, 6.45) is -0.635. The van der Waals surface area contributed by atoms with Crippen LogP contribution < -0.4 is 0 Å². The molecule has 0 unspecified atom stereocenters. The predicted octanol–water partition coefficient (Wildman–Crippen LogP) is 1.70. The van der Waals surface area contributed by atoms with E-state index >= 15 is 0 Å². The molecule has 1 aromatic heterocycles. The molecule has 5 nitrogen and oxygen atoms in total. The number of thiophene rings is 1. The van der Waals surface area contributed by atoms with E-state index in [4.69, 9.17) is 5.11 Å². The lowest BCUT2D eigenvalue weighted by Gasteiger charge is -2.33. The van der Waals surface area contributed by atoms with Gasteiger partial charge in [0.25, 0.3) is 0 Å². The second-order valence-electron chi connectivity index (χ2n) is 5.92. The number of rotatable bonds is 4. The predicted molar refractivity (Wildman–Crippen MR) is 87.4 cm³/mol. The van der Waals surface area contributed by atoms with E-state index in [0.29, 0.717) is 18.4 Å². The van der Waals surface area contributed by atoms with Crippen LogP contribution in [-0.4, -0.2) is 44.2 Å². The molecule has 0 saturated carbocycles. The van der Waals surface area contributed by atoms with Crippen molar-refractivity contribution in [3.05, 3.63) is 46.9 Å². The van der Waals surface area contributed by atoms with Gasteiger partial charge in [0.05, 0.1) is 6.10 Å². The highest BCUT2D eigenvalue weighted by atomic mass is 32.1. The van der Waals surface area contributed by atoms with Gasteiger partial charge in [0, 0.05) is 16.0 Å². The minimum Gasteiger partial charge on any atom is -0.479 e. The Balaban J connectivity index is 1.80. The number of carboxylic acids is 1. The third-order valence-corrected chi connectivity index (χ3v) is 5.37. The summed E-state index contributed by atoms with van der Waals surface area (Å²) < 4.78 is 1.17. The number of aliphatic hydroxyl groups excluding tert-OH is 2. The average Bonchev–Trinajstić information content (AvgIpc) is 2.92. The molecule has 3 atom stereocenters. The summed E-state index contributed by atoms with van der Waals surface area (Å²) in [6.45, 7) is 0. The smallest absolute Gasteiger partial charge is 0.339 e. The zero-order valence-corrected chi connectivity index (χ0v) is 13.2. The molecule has 0 bridgehead atoms. The van der Waals surface area contributed by atoms with Gasteiger partial charge in [-0.1, -0.05) is 18.2 Å². The monoisotopic (exact) mass is 334 g/mol. The number of hydrogen-bond donors (Lipinski definition) is 4. The van der Waals surface area contributed by atoms with Crippen molar-refractivity contribution < 1.29 is 25.2 Å². The normalized spacial score (nSPS) is 27.9. The molecule has 0 radical (unpaired) electrons. The van der Waals surface area contributed by atoms with Crippen molar-refractivity contribution in [2.75, 3.05) is 0 Å². The Hall–Kier alpha value is -1.73. The van der Waals surface area contributed by atoms with Crippen LogP contribution in [0.3, 0.4) is 0 Å². The third kappa shape index (κ3) is 3.16. The van der Waals surface area contributed by atoms with Crippen molar-refractivity contribution in [3.63, 3.8) is 0 Å². The van der Waals surface area contributed by atoms with Gasteiger partial charge in [-0.25, -0.2) is 4.79 Å². The number of fused-ring (bicyclic) bond motifs is 1. The number of aryl methyl sites for hydroxylation is 1. The summed E-state index contributed by atoms with van der Waals surface area (Å²) in [5, 5.41) is 40.2. The molecule has 1 aliphatic rings. The third-order valence-electron chi connectivity index (χ3n) is 4.20. The maximum atomic E-state index is 11.2. The highest BCUT2D eigenvalue weighted by Gasteiger charge is 2.43. The molecule has 23 heavy (non-hydrogen) atoms. The average molecular weight is 334 g/mol. The summed E-state index contributed by atoms with van der Waals surface area (Å²) in [5.74, 6) is -1.41. The summed E-state index contributed by atoms with van der Waals surface area (Å²) in [6, 6.07) is 10.1. The summed E-state index contributed by atoms with van der Waals surface area (Å²) >= 11 is 1.64. The largest absolute Gasteiger partial charge is 0.479 e. The first kappa shape index (κ1) is 16.1. The Bertz CT molecular complexity index is 732. The molecule has 0 aliphatic heterocycles.